The Labute approximate surface area is 211 Å². The molecule has 0 spiro atoms. The highest BCUT2D eigenvalue weighted by Crippen LogP contribution is 2.17. The van der Waals surface area contributed by atoms with Crippen molar-refractivity contribution >= 4 is 23.6 Å². The Morgan fingerprint density at radius 1 is 0.914 bits per heavy atom. The standard InChI is InChI=1S/C28H45N3O4/c1-28(2,3)35-27(34)29-21-13-11-9-7-5-4-6-8-10-12-14-22-15-17-23(18-16-22)30-24-19-20-25(32)31-26(24)33/h15-18,24,30H,4-14,19-21H2,1-3H3,(H,29,34)(H,31,32,33). The SMILES string of the molecule is CC(C)(C)OC(=O)NCCCCCCCCCCCCc1ccc(NC2CCC(=O)NC2=O)cc1. The van der Waals surface area contributed by atoms with Crippen LogP contribution in [0.5, 0.6) is 0 Å². The zero-order valence-electron chi connectivity index (χ0n) is 21.9. The maximum Gasteiger partial charge on any atom is 0.407 e. The minimum absolute atomic E-state index is 0.190. The molecular weight excluding hydrogens is 442 g/mol. The third-order valence-electron chi connectivity index (χ3n) is 6.09. The summed E-state index contributed by atoms with van der Waals surface area (Å²) in [5.74, 6) is -0.428. The lowest BCUT2D eigenvalue weighted by atomic mass is 10.0. The molecular formula is C28H45N3O4. The monoisotopic (exact) mass is 487 g/mol. The third-order valence-corrected chi connectivity index (χ3v) is 6.09. The van der Waals surface area contributed by atoms with Crippen molar-refractivity contribution in [3.8, 4) is 0 Å². The summed E-state index contributed by atoms with van der Waals surface area (Å²) in [7, 11) is 0. The zero-order valence-corrected chi connectivity index (χ0v) is 21.9. The molecule has 1 fully saturated rings. The first-order chi connectivity index (χ1) is 16.7. The summed E-state index contributed by atoms with van der Waals surface area (Å²) >= 11 is 0. The average Bonchev–Trinajstić information content (AvgIpc) is 2.78. The number of aryl methyl sites for hydroxylation is 1. The minimum atomic E-state index is -0.436. The van der Waals surface area contributed by atoms with Crippen LogP contribution in [0.4, 0.5) is 10.5 Å². The van der Waals surface area contributed by atoms with Gasteiger partial charge >= 0.3 is 6.09 Å². The maximum absolute atomic E-state index is 11.9. The number of amides is 3. The van der Waals surface area contributed by atoms with E-state index in [4.69, 9.17) is 4.74 Å². The molecule has 3 N–H and O–H groups in total. The summed E-state index contributed by atoms with van der Waals surface area (Å²) in [6.45, 7) is 6.31. The Morgan fingerprint density at radius 2 is 1.49 bits per heavy atom. The van der Waals surface area contributed by atoms with Crippen LogP contribution in [0.1, 0.15) is 103 Å². The number of carbonyl (C=O) groups is 3. The molecule has 1 saturated heterocycles. The topological polar surface area (TPSA) is 96.5 Å². The Bertz CT molecular complexity index is 786. The number of imide groups is 1. The molecule has 1 aliphatic rings. The Kier molecular flexibility index (Phi) is 12.6. The summed E-state index contributed by atoms with van der Waals surface area (Å²) in [5.41, 5.74) is 1.80. The van der Waals surface area contributed by atoms with Crippen LogP contribution in [0.2, 0.25) is 0 Å². The number of carbonyl (C=O) groups excluding carboxylic acids is 3. The van der Waals surface area contributed by atoms with Crippen LogP contribution in [0, 0.1) is 0 Å². The van der Waals surface area contributed by atoms with E-state index in [0.717, 1.165) is 24.9 Å². The van der Waals surface area contributed by atoms with Gasteiger partial charge in [0.25, 0.3) is 0 Å². The molecule has 0 saturated carbocycles. The molecule has 196 valence electrons. The van der Waals surface area contributed by atoms with E-state index in [0.29, 0.717) is 19.4 Å². The lowest BCUT2D eigenvalue weighted by Crippen LogP contribution is -2.47. The van der Waals surface area contributed by atoms with Gasteiger partial charge in [-0.3, -0.25) is 14.9 Å². The molecule has 2 rings (SSSR count). The molecule has 7 nitrogen and oxygen atoms in total. The highest BCUT2D eigenvalue weighted by molar-refractivity contribution is 6.01. The lowest BCUT2D eigenvalue weighted by molar-refractivity contribution is -0.133. The van der Waals surface area contributed by atoms with E-state index in [2.05, 4.69) is 28.1 Å². The van der Waals surface area contributed by atoms with Gasteiger partial charge in [0.15, 0.2) is 0 Å². The minimum Gasteiger partial charge on any atom is -0.444 e. The highest BCUT2D eigenvalue weighted by atomic mass is 16.6. The number of piperidine rings is 1. The molecule has 1 atom stereocenters. The number of alkyl carbamates (subject to hydrolysis) is 1. The van der Waals surface area contributed by atoms with E-state index in [1.165, 1.54) is 56.9 Å². The third kappa shape index (κ3) is 13.2. The number of hydrogen-bond acceptors (Lipinski definition) is 5. The van der Waals surface area contributed by atoms with Gasteiger partial charge in [-0.25, -0.2) is 4.79 Å². The largest absolute Gasteiger partial charge is 0.444 e. The van der Waals surface area contributed by atoms with E-state index < -0.39 is 5.60 Å². The Hall–Kier alpha value is -2.57. The second-order valence-corrected chi connectivity index (χ2v) is 10.6. The van der Waals surface area contributed by atoms with Crippen molar-refractivity contribution in [2.45, 2.75) is 116 Å². The van der Waals surface area contributed by atoms with Gasteiger partial charge in [-0.05, 0) is 64.2 Å². The van der Waals surface area contributed by atoms with Crippen LogP contribution < -0.4 is 16.0 Å². The average molecular weight is 488 g/mol. The van der Waals surface area contributed by atoms with Crippen molar-refractivity contribution in [2.24, 2.45) is 0 Å². The van der Waals surface area contributed by atoms with Crippen molar-refractivity contribution in [3.63, 3.8) is 0 Å². The van der Waals surface area contributed by atoms with E-state index in [1.54, 1.807) is 0 Å². The molecule has 1 unspecified atom stereocenters. The van der Waals surface area contributed by atoms with Gasteiger partial charge < -0.3 is 15.4 Å². The first-order valence-corrected chi connectivity index (χ1v) is 13.4. The zero-order chi connectivity index (χ0) is 25.5. The molecule has 7 heteroatoms. The molecule has 1 aromatic carbocycles. The fourth-order valence-electron chi connectivity index (χ4n) is 4.17. The van der Waals surface area contributed by atoms with Gasteiger partial charge in [-0.2, -0.15) is 0 Å². The van der Waals surface area contributed by atoms with Crippen molar-refractivity contribution in [3.05, 3.63) is 29.8 Å². The molecule has 0 aromatic heterocycles. The summed E-state index contributed by atoms with van der Waals surface area (Å²) in [6.07, 6.45) is 14.0. The van der Waals surface area contributed by atoms with E-state index >= 15 is 0 Å². The van der Waals surface area contributed by atoms with Gasteiger partial charge in [0.1, 0.15) is 11.6 Å². The number of ether oxygens (including phenoxy) is 1. The van der Waals surface area contributed by atoms with Gasteiger partial charge in [0, 0.05) is 18.7 Å². The van der Waals surface area contributed by atoms with Crippen molar-refractivity contribution < 1.29 is 19.1 Å². The number of anilines is 1. The molecule has 3 amide bonds. The van der Waals surface area contributed by atoms with Gasteiger partial charge in [0.05, 0.1) is 0 Å². The van der Waals surface area contributed by atoms with E-state index in [9.17, 15) is 14.4 Å². The fourth-order valence-corrected chi connectivity index (χ4v) is 4.17. The van der Waals surface area contributed by atoms with Crippen LogP contribution in [0.25, 0.3) is 0 Å². The maximum atomic E-state index is 11.9. The van der Waals surface area contributed by atoms with E-state index in [1.807, 2.05) is 32.9 Å². The molecule has 0 radical (unpaired) electrons. The molecule has 1 aromatic rings. The fraction of sp³-hybridized carbons (Fsp3) is 0.679. The first kappa shape index (κ1) is 28.7. The van der Waals surface area contributed by atoms with Gasteiger partial charge in [-0.15, -0.1) is 0 Å². The molecule has 1 heterocycles. The molecule has 0 aliphatic carbocycles. The molecule has 35 heavy (non-hydrogen) atoms. The van der Waals surface area contributed by atoms with Crippen molar-refractivity contribution in [2.75, 3.05) is 11.9 Å². The number of unbranched alkanes of at least 4 members (excludes halogenated alkanes) is 9. The molecule has 1 aliphatic heterocycles. The second-order valence-electron chi connectivity index (χ2n) is 10.6. The summed E-state index contributed by atoms with van der Waals surface area (Å²) < 4.78 is 5.23. The van der Waals surface area contributed by atoms with Crippen LogP contribution in [-0.4, -0.2) is 36.1 Å². The number of nitrogens with one attached hydrogen (secondary N) is 3. The van der Waals surface area contributed by atoms with Crippen molar-refractivity contribution in [1.82, 2.24) is 10.6 Å². The Balaban J connectivity index is 1.40. The normalized spacial score (nSPS) is 16.0. The molecule has 0 bridgehead atoms. The lowest BCUT2D eigenvalue weighted by Gasteiger charge is -2.22. The highest BCUT2D eigenvalue weighted by Gasteiger charge is 2.26. The van der Waals surface area contributed by atoms with Gasteiger partial charge in [-0.1, -0.05) is 63.5 Å². The quantitative estimate of drug-likeness (QED) is 0.212. The number of hydrogen-bond donors (Lipinski definition) is 3. The van der Waals surface area contributed by atoms with Crippen LogP contribution >= 0.6 is 0 Å². The smallest absolute Gasteiger partial charge is 0.407 e. The first-order valence-electron chi connectivity index (χ1n) is 13.4. The van der Waals surface area contributed by atoms with Crippen LogP contribution in [0.15, 0.2) is 24.3 Å². The number of rotatable bonds is 15. The number of benzene rings is 1. The summed E-state index contributed by atoms with van der Waals surface area (Å²) in [4.78, 5) is 34.7. The van der Waals surface area contributed by atoms with Gasteiger partial charge in [0.2, 0.25) is 11.8 Å². The summed E-state index contributed by atoms with van der Waals surface area (Å²) in [6, 6.07) is 7.95. The predicted molar refractivity (Wildman–Crippen MR) is 140 cm³/mol. The predicted octanol–water partition coefficient (Wildman–Crippen LogP) is 5.87. The Morgan fingerprint density at radius 3 is 2.06 bits per heavy atom. The van der Waals surface area contributed by atoms with Crippen LogP contribution in [0.3, 0.4) is 0 Å². The second kappa shape index (κ2) is 15.4. The van der Waals surface area contributed by atoms with E-state index in [-0.39, 0.29) is 23.9 Å². The van der Waals surface area contributed by atoms with Crippen molar-refractivity contribution in [1.29, 1.82) is 0 Å². The van der Waals surface area contributed by atoms with Crippen LogP contribution in [-0.2, 0) is 20.7 Å². The summed E-state index contributed by atoms with van der Waals surface area (Å²) in [5, 5.41) is 8.41.